The molecule has 3 aromatic rings. The van der Waals surface area contributed by atoms with Crippen LogP contribution in [0.15, 0.2) is 54.7 Å². The Morgan fingerprint density at radius 2 is 1.71 bits per heavy atom. The Morgan fingerprint density at radius 3 is 2.54 bits per heavy atom. The summed E-state index contributed by atoms with van der Waals surface area (Å²) in [5.41, 5.74) is 3.35. The molecule has 1 aliphatic carbocycles. The predicted molar refractivity (Wildman–Crippen MR) is 140 cm³/mol. The van der Waals surface area contributed by atoms with Crippen molar-refractivity contribution in [1.29, 1.82) is 0 Å². The van der Waals surface area contributed by atoms with Crippen LogP contribution < -0.4 is 4.90 Å². The van der Waals surface area contributed by atoms with Crippen molar-refractivity contribution in [3.05, 3.63) is 71.6 Å². The van der Waals surface area contributed by atoms with Crippen LogP contribution in [0.4, 0.5) is 5.95 Å². The Bertz CT molecular complexity index is 1240. The molecule has 0 bridgehead atoms. The van der Waals surface area contributed by atoms with Crippen molar-refractivity contribution in [1.82, 2.24) is 19.8 Å². The standard InChI is InChI=1S/C29H33N5O/c35-28(12-11-23-7-3-6-22-5-1-2-10-26(22)23)33-15-13-24-21-30-29(31-27(24)14-16-33)34-19-17-32(18-20-34)25-8-4-9-25/h1-3,5-7,10-12,21,25H,4,8-9,13-20H2. The van der Waals surface area contributed by atoms with Crippen molar-refractivity contribution in [3.63, 3.8) is 0 Å². The minimum absolute atomic E-state index is 0.0611. The molecule has 35 heavy (non-hydrogen) atoms. The molecule has 1 amide bonds. The second kappa shape index (κ2) is 9.78. The highest BCUT2D eigenvalue weighted by Gasteiger charge is 2.29. The number of carbonyl (C=O) groups is 1. The zero-order chi connectivity index (χ0) is 23.6. The van der Waals surface area contributed by atoms with E-state index in [1.807, 2.05) is 35.4 Å². The summed E-state index contributed by atoms with van der Waals surface area (Å²) in [6.45, 7) is 5.61. The lowest BCUT2D eigenvalue weighted by Gasteiger charge is -2.43. The van der Waals surface area contributed by atoms with Crippen molar-refractivity contribution in [2.45, 2.75) is 38.1 Å². The summed E-state index contributed by atoms with van der Waals surface area (Å²) in [5, 5.41) is 2.35. The van der Waals surface area contributed by atoms with Gasteiger partial charge in [0.25, 0.3) is 0 Å². The maximum absolute atomic E-state index is 13.0. The molecule has 0 N–H and O–H groups in total. The third kappa shape index (κ3) is 4.67. The van der Waals surface area contributed by atoms with E-state index in [0.29, 0.717) is 13.1 Å². The normalized spacial score (nSPS) is 19.5. The first-order chi connectivity index (χ1) is 17.2. The van der Waals surface area contributed by atoms with Crippen molar-refractivity contribution in [2.75, 3.05) is 44.2 Å². The van der Waals surface area contributed by atoms with Crippen LogP contribution in [0.1, 0.15) is 36.1 Å². The Morgan fingerprint density at radius 1 is 0.914 bits per heavy atom. The van der Waals surface area contributed by atoms with Gasteiger partial charge in [0, 0.05) is 64.0 Å². The third-order valence-electron chi connectivity index (χ3n) is 7.94. The SMILES string of the molecule is O=C(C=Cc1cccc2ccccc12)N1CCc2cnc(N3CCN(C4CCC4)CC3)nc2CC1. The van der Waals surface area contributed by atoms with E-state index in [2.05, 4.69) is 34.1 Å². The van der Waals surface area contributed by atoms with E-state index in [0.717, 1.165) is 62.3 Å². The van der Waals surface area contributed by atoms with E-state index >= 15 is 0 Å². The summed E-state index contributed by atoms with van der Waals surface area (Å²) in [5.74, 6) is 0.915. The molecule has 180 valence electrons. The number of anilines is 1. The summed E-state index contributed by atoms with van der Waals surface area (Å²) in [7, 11) is 0. The maximum Gasteiger partial charge on any atom is 0.246 e. The number of piperazine rings is 1. The molecule has 3 aliphatic rings. The molecule has 2 aliphatic heterocycles. The highest BCUT2D eigenvalue weighted by Crippen LogP contribution is 2.26. The molecular formula is C29H33N5O. The Kier molecular flexibility index (Phi) is 6.21. The van der Waals surface area contributed by atoms with Gasteiger partial charge in [0.1, 0.15) is 0 Å². The molecule has 1 saturated carbocycles. The van der Waals surface area contributed by atoms with Gasteiger partial charge in [0.05, 0.1) is 5.69 Å². The number of fused-ring (bicyclic) bond motifs is 2. The number of benzene rings is 2. The van der Waals surface area contributed by atoms with E-state index in [1.54, 1.807) is 6.08 Å². The van der Waals surface area contributed by atoms with Gasteiger partial charge in [-0.3, -0.25) is 9.69 Å². The quantitative estimate of drug-likeness (QED) is 0.544. The number of aromatic nitrogens is 2. The molecule has 6 nitrogen and oxygen atoms in total. The first-order valence-electron chi connectivity index (χ1n) is 13.0. The molecule has 6 heteroatoms. The van der Waals surface area contributed by atoms with Crippen molar-refractivity contribution in [2.24, 2.45) is 0 Å². The van der Waals surface area contributed by atoms with Crippen LogP contribution in [0, 0.1) is 0 Å². The van der Waals surface area contributed by atoms with Gasteiger partial charge in [-0.1, -0.05) is 48.9 Å². The number of hydrogen-bond donors (Lipinski definition) is 0. The second-order valence-corrected chi connectivity index (χ2v) is 9.98. The van der Waals surface area contributed by atoms with Gasteiger partial charge in [0.2, 0.25) is 11.9 Å². The number of amides is 1. The van der Waals surface area contributed by atoms with E-state index in [1.165, 1.54) is 35.6 Å². The highest BCUT2D eigenvalue weighted by atomic mass is 16.2. The van der Waals surface area contributed by atoms with E-state index in [9.17, 15) is 4.79 Å². The molecule has 2 fully saturated rings. The van der Waals surface area contributed by atoms with Crippen LogP contribution in [0.5, 0.6) is 0 Å². The molecule has 6 rings (SSSR count). The molecule has 2 aromatic carbocycles. The molecular weight excluding hydrogens is 434 g/mol. The molecule has 3 heterocycles. The zero-order valence-corrected chi connectivity index (χ0v) is 20.3. The number of carbonyl (C=O) groups excluding carboxylic acids is 1. The van der Waals surface area contributed by atoms with Gasteiger partial charge >= 0.3 is 0 Å². The fourth-order valence-corrected chi connectivity index (χ4v) is 5.54. The number of nitrogens with zero attached hydrogens (tertiary/aromatic N) is 5. The Hall–Kier alpha value is -3.25. The van der Waals surface area contributed by atoms with Crippen LogP contribution in [0.25, 0.3) is 16.8 Å². The minimum atomic E-state index is 0.0611. The molecule has 1 saturated heterocycles. The smallest absolute Gasteiger partial charge is 0.246 e. The van der Waals surface area contributed by atoms with Gasteiger partial charge < -0.3 is 9.80 Å². The van der Waals surface area contributed by atoms with Crippen molar-refractivity contribution >= 4 is 28.7 Å². The molecule has 0 atom stereocenters. The summed E-state index contributed by atoms with van der Waals surface area (Å²) in [6.07, 6.45) is 11.4. The first kappa shape index (κ1) is 22.2. The molecule has 1 aromatic heterocycles. The molecule has 0 unspecified atom stereocenters. The van der Waals surface area contributed by atoms with Crippen LogP contribution in [-0.4, -0.2) is 71.0 Å². The minimum Gasteiger partial charge on any atom is -0.338 e. The van der Waals surface area contributed by atoms with Crippen LogP contribution >= 0.6 is 0 Å². The van der Waals surface area contributed by atoms with Gasteiger partial charge in [-0.2, -0.15) is 0 Å². The summed E-state index contributed by atoms with van der Waals surface area (Å²) in [4.78, 5) is 29.6. The lowest BCUT2D eigenvalue weighted by molar-refractivity contribution is -0.125. The number of hydrogen-bond acceptors (Lipinski definition) is 5. The lowest BCUT2D eigenvalue weighted by Crippen LogP contribution is -2.52. The van der Waals surface area contributed by atoms with Crippen molar-refractivity contribution in [3.8, 4) is 0 Å². The molecule has 0 radical (unpaired) electrons. The van der Waals surface area contributed by atoms with Gasteiger partial charge in [0.15, 0.2) is 0 Å². The monoisotopic (exact) mass is 467 g/mol. The van der Waals surface area contributed by atoms with Gasteiger partial charge in [-0.25, -0.2) is 9.97 Å². The average Bonchev–Trinajstić information content (AvgIpc) is 3.09. The number of rotatable bonds is 4. The summed E-state index contributed by atoms with van der Waals surface area (Å²) in [6, 6.07) is 15.3. The van der Waals surface area contributed by atoms with E-state index in [-0.39, 0.29) is 5.91 Å². The fraction of sp³-hybridized carbons (Fsp3) is 0.414. The average molecular weight is 468 g/mol. The third-order valence-corrected chi connectivity index (χ3v) is 7.94. The zero-order valence-electron chi connectivity index (χ0n) is 20.3. The van der Waals surface area contributed by atoms with Gasteiger partial charge in [-0.15, -0.1) is 0 Å². The Labute approximate surface area is 207 Å². The molecule has 0 spiro atoms. The van der Waals surface area contributed by atoms with Crippen LogP contribution in [0.3, 0.4) is 0 Å². The van der Waals surface area contributed by atoms with E-state index in [4.69, 9.17) is 9.97 Å². The summed E-state index contributed by atoms with van der Waals surface area (Å²) < 4.78 is 0. The largest absolute Gasteiger partial charge is 0.338 e. The fourth-order valence-electron chi connectivity index (χ4n) is 5.54. The van der Waals surface area contributed by atoms with Gasteiger partial charge in [-0.05, 0) is 47.2 Å². The highest BCUT2D eigenvalue weighted by molar-refractivity contribution is 5.96. The Balaban J connectivity index is 1.09. The van der Waals surface area contributed by atoms with Crippen LogP contribution in [0.2, 0.25) is 0 Å². The van der Waals surface area contributed by atoms with E-state index < -0.39 is 0 Å². The topological polar surface area (TPSA) is 52.6 Å². The second-order valence-electron chi connectivity index (χ2n) is 9.98. The van der Waals surface area contributed by atoms with Crippen LogP contribution in [-0.2, 0) is 17.6 Å². The maximum atomic E-state index is 13.0. The lowest BCUT2D eigenvalue weighted by atomic mass is 9.91. The predicted octanol–water partition coefficient (Wildman–Crippen LogP) is 3.94. The first-order valence-corrected chi connectivity index (χ1v) is 13.0. The summed E-state index contributed by atoms with van der Waals surface area (Å²) >= 11 is 0. The van der Waals surface area contributed by atoms with Crippen molar-refractivity contribution < 1.29 is 4.79 Å².